The zero-order valence-electron chi connectivity index (χ0n) is 9.32. The Bertz CT molecular complexity index is 359. The summed E-state index contributed by atoms with van der Waals surface area (Å²) < 4.78 is 14.5. The van der Waals surface area contributed by atoms with Gasteiger partial charge in [-0.25, -0.2) is 4.39 Å². The normalized spacial score (nSPS) is 30.2. The van der Waals surface area contributed by atoms with E-state index in [0.29, 0.717) is 24.9 Å². The maximum Gasteiger partial charge on any atom is 0.115 e. The molecule has 1 saturated carbocycles. The standard InChI is InChI=1S/C12H18FN3/c13-12(4-1-10(14)2-5-12)7-9-8-16-6-3-11(9)15/h3,6,8,10H,1-2,4-5,7,14H2,(H2,15,16). The highest BCUT2D eigenvalue weighted by Gasteiger charge is 2.34. The maximum atomic E-state index is 14.5. The number of nitrogen functional groups attached to an aromatic ring is 1. The Balaban J connectivity index is 2.07. The van der Waals surface area contributed by atoms with Gasteiger partial charge in [-0.15, -0.1) is 0 Å². The molecule has 4 heteroatoms. The monoisotopic (exact) mass is 223 g/mol. The summed E-state index contributed by atoms with van der Waals surface area (Å²) in [6.07, 6.45) is 6.23. The van der Waals surface area contributed by atoms with E-state index in [4.69, 9.17) is 11.5 Å². The van der Waals surface area contributed by atoms with E-state index in [0.717, 1.165) is 18.4 Å². The molecule has 4 N–H and O–H groups in total. The van der Waals surface area contributed by atoms with E-state index < -0.39 is 5.67 Å². The van der Waals surface area contributed by atoms with Gasteiger partial charge in [-0.2, -0.15) is 0 Å². The molecule has 0 atom stereocenters. The first kappa shape index (κ1) is 11.3. The number of nitrogens with zero attached hydrogens (tertiary/aromatic N) is 1. The Labute approximate surface area is 95.0 Å². The third kappa shape index (κ3) is 2.50. The van der Waals surface area contributed by atoms with Crippen LogP contribution in [0, 0.1) is 0 Å². The van der Waals surface area contributed by atoms with Crippen molar-refractivity contribution < 1.29 is 4.39 Å². The molecule has 0 unspecified atom stereocenters. The zero-order valence-corrected chi connectivity index (χ0v) is 9.32. The van der Waals surface area contributed by atoms with Gasteiger partial charge in [0.2, 0.25) is 0 Å². The molecule has 88 valence electrons. The first-order chi connectivity index (χ1) is 7.59. The topological polar surface area (TPSA) is 64.9 Å². The molecule has 0 bridgehead atoms. The smallest absolute Gasteiger partial charge is 0.115 e. The van der Waals surface area contributed by atoms with E-state index in [1.165, 1.54) is 0 Å². The second-order valence-electron chi connectivity index (χ2n) is 4.74. The molecule has 0 spiro atoms. The second kappa shape index (κ2) is 4.37. The molecule has 1 heterocycles. The molecule has 1 fully saturated rings. The number of pyridine rings is 1. The maximum absolute atomic E-state index is 14.5. The molecular weight excluding hydrogens is 205 g/mol. The lowest BCUT2D eigenvalue weighted by Gasteiger charge is -2.32. The Hall–Kier alpha value is -1.16. The van der Waals surface area contributed by atoms with Crippen LogP contribution >= 0.6 is 0 Å². The number of aromatic nitrogens is 1. The first-order valence-electron chi connectivity index (χ1n) is 5.72. The van der Waals surface area contributed by atoms with Crippen molar-refractivity contribution in [3.05, 3.63) is 24.0 Å². The predicted molar refractivity (Wildman–Crippen MR) is 62.6 cm³/mol. The molecule has 1 aliphatic rings. The van der Waals surface area contributed by atoms with Crippen LogP contribution in [0.3, 0.4) is 0 Å². The van der Waals surface area contributed by atoms with Gasteiger partial charge in [-0.3, -0.25) is 4.98 Å². The van der Waals surface area contributed by atoms with Gasteiger partial charge in [0.05, 0.1) is 0 Å². The summed E-state index contributed by atoms with van der Waals surface area (Å²) in [6.45, 7) is 0. The molecule has 1 aromatic rings. The van der Waals surface area contributed by atoms with Crippen LogP contribution in [0.2, 0.25) is 0 Å². The highest BCUT2D eigenvalue weighted by atomic mass is 19.1. The number of rotatable bonds is 2. The van der Waals surface area contributed by atoms with Crippen molar-refractivity contribution in [2.75, 3.05) is 5.73 Å². The summed E-state index contributed by atoms with van der Waals surface area (Å²) in [4.78, 5) is 3.99. The molecule has 1 aliphatic carbocycles. The van der Waals surface area contributed by atoms with Crippen LogP contribution in [0.5, 0.6) is 0 Å². The summed E-state index contributed by atoms with van der Waals surface area (Å²) in [6, 6.07) is 1.88. The van der Waals surface area contributed by atoms with E-state index in [9.17, 15) is 4.39 Å². The van der Waals surface area contributed by atoms with Crippen molar-refractivity contribution in [1.29, 1.82) is 0 Å². The largest absolute Gasteiger partial charge is 0.398 e. The summed E-state index contributed by atoms with van der Waals surface area (Å²) >= 11 is 0. The Kier molecular flexibility index (Phi) is 3.10. The van der Waals surface area contributed by atoms with Crippen molar-refractivity contribution in [3.8, 4) is 0 Å². The van der Waals surface area contributed by atoms with Crippen molar-refractivity contribution in [1.82, 2.24) is 4.98 Å². The average Bonchev–Trinajstić information content (AvgIpc) is 2.27. The zero-order chi connectivity index (χ0) is 11.6. The highest BCUT2D eigenvalue weighted by molar-refractivity contribution is 5.45. The molecule has 0 aliphatic heterocycles. The molecule has 3 nitrogen and oxygen atoms in total. The predicted octanol–water partition coefficient (Wildman–Crippen LogP) is 1.82. The van der Waals surface area contributed by atoms with Gasteiger partial charge in [0.15, 0.2) is 0 Å². The first-order valence-corrected chi connectivity index (χ1v) is 5.72. The molecule has 1 aromatic heterocycles. The fourth-order valence-electron chi connectivity index (χ4n) is 2.26. The number of hydrogen-bond acceptors (Lipinski definition) is 3. The van der Waals surface area contributed by atoms with E-state index in [-0.39, 0.29) is 6.04 Å². The van der Waals surface area contributed by atoms with Crippen molar-refractivity contribution in [2.45, 2.75) is 43.8 Å². The fourth-order valence-corrected chi connectivity index (χ4v) is 2.26. The molecule has 16 heavy (non-hydrogen) atoms. The van der Waals surface area contributed by atoms with Crippen LogP contribution in [0.4, 0.5) is 10.1 Å². The minimum absolute atomic E-state index is 0.162. The van der Waals surface area contributed by atoms with Crippen molar-refractivity contribution in [3.63, 3.8) is 0 Å². The minimum atomic E-state index is -1.15. The van der Waals surface area contributed by atoms with Gasteiger partial charge in [0.25, 0.3) is 0 Å². The SMILES string of the molecule is Nc1ccncc1CC1(F)CCC(N)CC1. The van der Waals surface area contributed by atoms with Crippen LogP contribution in [0.15, 0.2) is 18.5 Å². The third-order valence-electron chi connectivity index (χ3n) is 3.37. The number of anilines is 1. The van der Waals surface area contributed by atoms with Crippen LogP contribution in [0.25, 0.3) is 0 Å². The van der Waals surface area contributed by atoms with E-state index in [1.807, 2.05) is 0 Å². The number of alkyl halides is 1. The Morgan fingerprint density at radius 2 is 2.12 bits per heavy atom. The van der Waals surface area contributed by atoms with Gasteiger partial charge >= 0.3 is 0 Å². The van der Waals surface area contributed by atoms with Crippen molar-refractivity contribution >= 4 is 5.69 Å². The van der Waals surface area contributed by atoms with Gasteiger partial charge in [0.1, 0.15) is 5.67 Å². The van der Waals surface area contributed by atoms with E-state index in [1.54, 1.807) is 18.5 Å². The average molecular weight is 223 g/mol. The lowest BCUT2D eigenvalue weighted by atomic mass is 9.80. The summed E-state index contributed by atoms with van der Waals surface area (Å²) in [5.74, 6) is 0. The van der Waals surface area contributed by atoms with E-state index >= 15 is 0 Å². The minimum Gasteiger partial charge on any atom is -0.398 e. The van der Waals surface area contributed by atoms with Crippen LogP contribution in [0.1, 0.15) is 31.2 Å². The molecular formula is C12H18FN3. The number of nitrogens with two attached hydrogens (primary N) is 2. The van der Waals surface area contributed by atoms with E-state index in [2.05, 4.69) is 4.98 Å². The van der Waals surface area contributed by atoms with Crippen LogP contribution < -0.4 is 11.5 Å². The fraction of sp³-hybridized carbons (Fsp3) is 0.583. The van der Waals surface area contributed by atoms with Crippen LogP contribution in [-0.2, 0) is 6.42 Å². The van der Waals surface area contributed by atoms with Gasteiger partial charge in [0, 0.05) is 30.5 Å². The molecule has 0 aromatic carbocycles. The lowest BCUT2D eigenvalue weighted by Crippen LogP contribution is -2.37. The summed E-state index contributed by atoms with van der Waals surface area (Å²) in [5, 5.41) is 0. The second-order valence-corrected chi connectivity index (χ2v) is 4.74. The third-order valence-corrected chi connectivity index (χ3v) is 3.37. The highest BCUT2D eigenvalue weighted by Crippen LogP contribution is 2.35. The molecule has 0 saturated heterocycles. The summed E-state index contributed by atoms with van der Waals surface area (Å²) in [7, 11) is 0. The van der Waals surface area contributed by atoms with Gasteiger partial charge in [-0.1, -0.05) is 0 Å². The summed E-state index contributed by atoms with van der Waals surface area (Å²) in [5.41, 5.74) is 11.9. The number of halogens is 1. The molecule has 0 amide bonds. The van der Waals surface area contributed by atoms with Gasteiger partial charge in [-0.05, 0) is 37.3 Å². The number of hydrogen-bond donors (Lipinski definition) is 2. The Morgan fingerprint density at radius 1 is 1.44 bits per heavy atom. The van der Waals surface area contributed by atoms with Crippen LogP contribution in [-0.4, -0.2) is 16.7 Å². The molecule has 2 rings (SSSR count). The van der Waals surface area contributed by atoms with Gasteiger partial charge < -0.3 is 11.5 Å². The molecule has 0 radical (unpaired) electrons. The lowest BCUT2D eigenvalue weighted by molar-refractivity contribution is 0.0996. The Morgan fingerprint density at radius 3 is 2.75 bits per heavy atom. The quantitative estimate of drug-likeness (QED) is 0.803. The van der Waals surface area contributed by atoms with Crippen molar-refractivity contribution in [2.24, 2.45) is 5.73 Å².